The monoisotopic (exact) mass is 303 g/mol. The van der Waals surface area contributed by atoms with Crippen LogP contribution >= 0.6 is 15.9 Å². The normalized spacial score (nSPS) is 11.9. The summed E-state index contributed by atoms with van der Waals surface area (Å²) in [6.07, 6.45) is 0. The van der Waals surface area contributed by atoms with Crippen LogP contribution in [0.15, 0.2) is 22.7 Å². The summed E-state index contributed by atoms with van der Waals surface area (Å²) in [6, 6.07) is 2.69. The predicted octanol–water partition coefficient (Wildman–Crippen LogP) is 0.330. The van der Waals surface area contributed by atoms with Crippen LogP contribution in [0.1, 0.15) is 10.4 Å². The van der Waals surface area contributed by atoms with E-state index in [0.29, 0.717) is 4.47 Å². The molecule has 7 heteroatoms. The maximum atomic E-state index is 11.6. The zero-order valence-corrected chi connectivity index (χ0v) is 10.1. The number of nitrogens with one attached hydrogen (secondary N) is 1. The molecular weight excluding hydrogens is 294 g/mol. The average molecular weight is 304 g/mol. The maximum absolute atomic E-state index is 11.6. The Bertz CT molecular complexity index is 448. The third-order valence-corrected chi connectivity index (χ3v) is 2.66. The van der Waals surface area contributed by atoms with Crippen LogP contribution in [0.25, 0.3) is 0 Å². The Labute approximate surface area is 105 Å². The number of aliphatic carboxylic acids is 1. The number of halogens is 1. The van der Waals surface area contributed by atoms with Crippen molar-refractivity contribution in [3.05, 3.63) is 28.2 Å². The van der Waals surface area contributed by atoms with Crippen LogP contribution in [0.2, 0.25) is 0 Å². The summed E-state index contributed by atoms with van der Waals surface area (Å²) in [5, 5.41) is 28.8. The van der Waals surface area contributed by atoms with Gasteiger partial charge in [-0.25, -0.2) is 4.79 Å². The molecule has 4 N–H and O–H groups in total. The largest absolute Gasteiger partial charge is 0.507 e. The van der Waals surface area contributed by atoms with Crippen molar-refractivity contribution in [2.45, 2.75) is 6.04 Å². The summed E-state index contributed by atoms with van der Waals surface area (Å²) < 4.78 is 0.422. The number of hydrogen-bond acceptors (Lipinski definition) is 4. The first-order valence-electron chi connectivity index (χ1n) is 4.58. The van der Waals surface area contributed by atoms with Gasteiger partial charge in [-0.05, 0) is 34.1 Å². The maximum Gasteiger partial charge on any atom is 0.328 e. The molecule has 1 atom stereocenters. The number of amides is 1. The zero-order valence-electron chi connectivity index (χ0n) is 8.55. The number of hydrogen-bond donors (Lipinski definition) is 4. The lowest BCUT2D eigenvalue weighted by Crippen LogP contribution is -2.43. The molecule has 0 unspecified atom stereocenters. The highest BCUT2D eigenvalue weighted by Crippen LogP contribution is 2.24. The predicted molar refractivity (Wildman–Crippen MR) is 61.8 cm³/mol. The third kappa shape index (κ3) is 3.43. The topological polar surface area (TPSA) is 107 Å². The van der Waals surface area contributed by atoms with Crippen LogP contribution in [-0.2, 0) is 4.79 Å². The molecule has 0 radical (unpaired) electrons. The Morgan fingerprint density at radius 1 is 1.41 bits per heavy atom. The fourth-order valence-electron chi connectivity index (χ4n) is 1.08. The van der Waals surface area contributed by atoms with Gasteiger partial charge in [-0.3, -0.25) is 4.79 Å². The van der Waals surface area contributed by atoms with Crippen molar-refractivity contribution in [2.24, 2.45) is 0 Å². The Hall–Kier alpha value is -1.60. The van der Waals surface area contributed by atoms with Crippen molar-refractivity contribution in [1.29, 1.82) is 0 Å². The molecule has 0 aromatic heterocycles. The van der Waals surface area contributed by atoms with E-state index in [1.165, 1.54) is 18.2 Å². The van der Waals surface area contributed by atoms with Crippen LogP contribution in [0.3, 0.4) is 0 Å². The molecule has 17 heavy (non-hydrogen) atoms. The van der Waals surface area contributed by atoms with Crippen molar-refractivity contribution in [1.82, 2.24) is 5.32 Å². The molecule has 92 valence electrons. The minimum Gasteiger partial charge on any atom is -0.507 e. The highest BCUT2D eigenvalue weighted by atomic mass is 79.9. The number of phenolic OH excluding ortho intramolecular Hbond substituents is 1. The fraction of sp³-hybridized carbons (Fsp3) is 0.200. The molecule has 0 aliphatic heterocycles. The number of carbonyl (C=O) groups excluding carboxylic acids is 1. The number of carboxylic acid groups (broad SMARTS) is 1. The van der Waals surface area contributed by atoms with E-state index >= 15 is 0 Å². The van der Waals surface area contributed by atoms with Gasteiger partial charge in [0, 0.05) is 5.56 Å². The Morgan fingerprint density at radius 3 is 2.53 bits per heavy atom. The molecule has 1 rings (SSSR count). The second-order valence-corrected chi connectivity index (χ2v) is 4.07. The molecular formula is C10H10BrNO5. The van der Waals surface area contributed by atoms with E-state index in [-0.39, 0.29) is 11.3 Å². The molecule has 1 amide bonds. The molecule has 6 nitrogen and oxygen atoms in total. The summed E-state index contributed by atoms with van der Waals surface area (Å²) in [5.41, 5.74) is 0.102. The molecule has 0 spiro atoms. The Morgan fingerprint density at radius 2 is 2.06 bits per heavy atom. The number of carbonyl (C=O) groups is 2. The summed E-state index contributed by atoms with van der Waals surface area (Å²) >= 11 is 3.05. The number of aromatic hydroxyl groups is 1. The van der Waals surface area contributed by atoms with Crippen molar-refractivity contribution >= 4 is 27.8 Å². The van der Waals surface area contributed by atoms with Crippen LogP contribution in [0, 0.1) is 0 Å². The number of aliphatic hydroxyl groups is 1. The summed E-state index contributed by atoms with van der Waals surface area (Å²) in [5.74, 6) is -2.15. The molecule has 0 aliphatic rings. The van der Waals surface area contributed by atoms with Gasteiger partial charge >= 0.3 is 5.97 Å². The SMILES string of the molecule is O=C(N[C@H](CO)C(=O)O)c1ccc(Br)c(O)c1. The summed E-state index contributed by atoms with van der Waals surface area (Å²) in [6.45, 7) is -0.705. The quantitative estimate of drug-likeness (QED) is 0.641. The lowest BCUT2D eigenvalue weighted by Gasteiger charge is -2.11. The number of aliphatic hydroxyl groups excluding tert-OH is 1. The second kappa shape index (κ2) is 5.65. The van der Waals surface area contributed by atoms with Gasteiger partial charge in [-0.1, -0.05) is 0 Å². The Balaban J connectivity index is 2.82. The van der Waals surface area contributed by atoms with E-state index in [1.807, 2.05) is 0 Å². The van der Waals surface area contributed by atoms with Crippen molar-refractivity contribution in [3.63, 3.8) is 0 Å². The van der Waals surface area contributed by atoms with Crippen LogP contribution in [0.5, 0.6) is 5.75 Å². The third-order valence-electron chi connectivity index (χ3n) is 1.99. The van der Waals surface area contributed by atoms with Gasteiger partial charge in [0.2, 0.25) is 0 Å². The summed E-state index contributed by atoms with van der Waals surface area (Å²) in [4.78, 5) is 22.2. The van der Waals surface area contributed by atoms with Gasteiger partial charge in [0.15, 0.2) is 6.04 Å². The number of carboxylic acids is 1. The van der Waals surface area contributed by atoms with Crippen molar-refractivity contribution in [2.75, 3.05) is 6.61 Å². The van der Waals surface area contributed by atoms with Gasteiger partial charge in [0.05, 0.1) is 11.1 Å². The van der Waals surface area contributed by atoms with Gasteiger partial charge in [-0.15, -0.1) is 0 Å². The minimum atomic E-state index is -1.37. The average Bonchev–Trinajstić information content (AvgIpc) is 2.28. The highest BCUT2D eigenvalue weighted by Gasteiger charge is 2.19. The standard InChI is InChI=1S/C10H10BrNO5/c11-6-2-1-5(3-8(6)14)9(15)12-7(4-13)10(16)17/h1-3,7,13-14H,4H2,(H,12,15)(H,16,17)/t7-/m1/s1. The Kier molecular flexibility index (Phi) is 4.47. The zero-order chi connectivity index (χ0) is 13.0. The molecule has 0 heterocycles. The number of phenols is 1. The first kappa shape index (κ1) is 13.5. The van der Waals surface area contributed by atoms with Gasteiger partial charge in [-0.2, -0.15) is 0 Å². The molecule has 0 saturated heterocycles. The second-order valence-electron chi connectivity index (χ2n) is 3.21. The lowest BCUT2D eigenvalue weighted by molar-refractivity contribution is -0.140. The molecule has 1 aromatic carbocycles. The molecule has 0 bridgehead atoms. The van der Waals surface area contributed by atoms with E-state index in [9.17, 15) is 14.7 Å². The van der Waals surface area contributed by atoms with Crippen molar-refractivity contribution < 1.29 is 24.9 Å². The van der Waals surface area contributed by atoms with Crippen LogP contribution in [0.4, 0.5) is 0 Å². The van der Waals surface area contributed by atoms with Gasteiger partial charge in [0.25, 0.3) is 5.91 Å². The van der Waals surface area contributed by atoms with Crippen molar-refractivity contribution in [3.8, 4) is 5.75 Å². The summed E-state index contributed by atoms with van der Waals surface area (Å²) in [7, 11) is 0. The van der Waals surface area contributed by atoms with E-state index < -0.39 is 24.5 Å². The molecule has 0 saturated carbocycles. The smallest absolute Gasteiger partial charge is 0.328 e. The lowest BCUT2D eigenvalue weighted by atomic mass is 10.2. The van der Waals surface area contributed by atoms with E-state index in [4.69, 9.17) is 10.2 Å². The molecule has 0 fully saturated rings. The van der Waals surface area contributed by atoms with E-state index in [0.717, 1.165) is 0 Å². The van der Waals surface area contributed by atoms with E-state index in [1.54, 1.807) is 0 Å². The number of benzene rings is 1. The first-order valence-corrected chi connectivity index (χ1v) is 5.38. The molecule has 1 aromatic rings. The number of rotatable bonds is 4. The van der Waals surface area contributed by atoms with Gasteiger partial charge < -0.3 is 20.6 Å². The molecule has 0 aliphatic carbocycles. The van der Waals surface area contributed by atoms with Gasteiger partial charge in [0.1, 0.15) is 5.75 Å². The highest BCUT2D eigenvalue weighted by molar-refractivity contribution is 9.10. The minimum absolute atomic E-state index is 0.102. The van der Waals surface area contributed by atoms with Crippen LogP contribution in [-0.4, -0.2) is 39.8 Å². The van der Waals surface area contributed by atoms with Crippen LogP contribution < -0.4 is 5.32 Å². The van der Waals surface area contributed by atoms with E-state index in [2.05, 4.69) is 21.2 Å². The fourth-order valence-corrected chi connectivity index (χ4v) is 1.33. The first-order chi connectivity index (χ1) is 7.95.